The third-order valence-electron chi connectivity index (χ3n) is 4.75. The maximum Gasteiger partial charge on any atom is 0.260 e. The Morgan fingerprint density at radius 2 is 2.00 bits per heavy atom. The topological polar surface area (TPSA) is 46.1 Å². The van der Waals surface area contributed by atoms with Gasteiger partial charge in [-0.05, 0) is 61.6 Å². The summed E-state index contributed by atoms with van der Waals surface area (Å²) in [7, 11) is 0. The first-order valence-corrected chi connectivity index (χ1v) is 11.3. The van der Waals surface area contributed by atoms with Crippen LogP contribution in [0.3, 0.4) is 0 Å². The first-order valence-electron chi connectivity index (χ1n) is 9.28. The van der Waals surface area contributed by atoms with Crippen molar-refractivity contribution >= 4 is 44.4 Å². The number of hydrogen-bond donors (Lipinski definition) is 0. The average molecular weight is 420 g/mol. The van der Waals surface area contributed by atoms with Gasteiger partial charge >= 0.3 is 0 Å². The van der Waals surface area contributed by atoms with Crippen molar-refractivity contribution in [2.75, 3.05) is 11.2 Å². The van der Waals surface area contributed by atoms with E-state index in [4.69, 9.17) is 4.98 Å². The molecular formula is C23H21N3OS2. The van der Waals surface area contributed by atoms with E-state index in [0.29, 0.717) is 17.2 Å². The summed E-state index contributed by atoms with van der Waals surface area (Å²) in [5, 5.41) is 0.702. The lowest BCUT2D eigenvalue weighted by molar-refractivity contribution is 0.0984. The van der Waals surface area contributed by atoms with Gasteiger partial charge in [0.2, 0.25) is 0 Å². The van der Waals surface area contributed by atoms with Gasteiger partial charge in [-0.3, -0.25) is 14.7 Å². The second-order valence-electron chi connectivity index (χ2n) is 6.90. The fourth-order valence-corrected chi connectivity index (χ4v) is 4.66. The second kappa shape index (κ2) is 8.35. The van der Waals surface area contributed by atoms with Gasteiger partial charge < -0.3 is 0 Å². The molecule has 146 valence electrons. The molecule has 4 rings (SSSR count). The summed E-state index contributed by atoms with van der Waals surface area (Å²) in [5.74, 6) is -0.0424. The number of thioether (sulfide) groups is 1. The normalized spacial score (nSPS) is 11.0. The van der Waals surface area contributed by atoms with Crippen LogP contribution in [0.4, 0.5) is 5.13 Å². The molecule has 6 heteroatoms. The number of carbonyl (C=O) groups excluding carboxylic acids is 1. The highest BCUT2D eigenvalue weighted by Gasteiger charge is 2.23. The van der Waals surface area contributed by atoms with Crippen molar-refractivity contribution in [3.8, 4) is 0 Å². The Kier molecular flexibility index (Phi) is 5.65. The Morgan fingerprint density at radius 3 is 2.76 bits per heavy atom. The number of nitrogens with zero attached hydrogens (tertiary/aromatic N) is 3. The zero-order chi connectivity index (χ0) is 20.4. The van der Waals surface area contributed by atoms with Gasteiger partial charge in [-0.1, -0.05) is 35.1 Å². The molecule has 0 aliphatic rings. The van der Waals surface area contributed by atoms with Crippen molar-refractivity contribution in [3.63, 3.8) is 0 Å². The average Bonchev–Trinajstić information content (AvgIpc) is 3.16. The number of pyridine rings is 1. The van der Waals surface area contributed by atoms with E-state index in [1.165, 1.54) is 4.90 Å². The van der Waals surface area contributed by atoms with E-state index in [2.05, 4.69) is 23.4 Å². The highest BCUT2D eigenvalue weighted by atomic mass is 32.2. The van der Waals surface area contributed by atoms with Crippen molar-refractivity contribution in [2.24, 2.45) is 0 Å². The molecule has 0 saturated carbocycles. The minimum atomic E-state index is -0.0424. The predicted molar refractivity (Wildman–Crippen MR) is 122 cm³/mol. The smallest absolute Gasteiger partial charge is 0.260 e. The van der Waals surface area contributed by atoms with Gasteiger partial charge in [0.1, 0.15) is 0 Å². The summed E-state index contributed by atoms with van der Waals surface area (Å²) < 4.78 is 1.08. The number of carbonyl (C=O) groups is 1. The maximum absolute atomic E-state index is 13.6. The first kappa shape index (κ1) is 19.6. The molecular weight excluding hydrogens is 398 g/mol. The molecule has 0 fully saturated rings. The van der Waals surface area contributed by atoms with Crippen LogP contribution in [0.1, 0.15) is 27.0 Å². The minimum Gasteiger partial charge on any atom is -0.279 e. The van der Waals surface area contributed by atoms with E-state index >= 15 is 0 Å². The molecule has 4 nitrogen and oxygen atoms in total. The van der Waals surface area contributed by atoms with Gasteiger partial charge in [0.25, 0.3) is 5.91 Å². The number of aromatic nitrogens is 2. The van der Waals surface area contributed by atoms with E-state index in [1.807, 2.05) is 50.2 Å². The van der Waals surface area contributed by atoms with Gasteiger partial charge in [0.05, 0.1) is 16.8 Å². The van der Waals surface area contributed by atoms with Gasteiger partial charge in [0.15, 0.2) is 5.13 Å². The molecule has 0 atom stereocenters. The van der Waals surface area contributed by atoms with E-state index in [-0.39, 0.29) is 5.91 Å². The fourth-order valence-electron chi connectivity index (χ4n) is 3.15. The van der Waals surface area contributed by atoms with Crippen molar-refractivity contribution in [2.45, 2.75) is 25.3 Å². The molecule has 29 heavy (non-hydrogen) atoms. The molecule has 0 bridgehead atoms. The molecule has 0 aliphatic carbocycles. The van der Waals surface area contributed by atoms with Crippen molar-refractivity contribution in [1.29, 1.82) is 0 Å². The Hall–Kier alpha value is -2.70. The SMILES string of the molecule is CSc1ccc2nc(N(Cc3cccnc3)C(=O)c3cc(C)ccc3C)sc2c1. The number of fused-ring (bicyclic) bond motifs is 1. The summed E-state index contributed by atoms with van der Waals surface area (Å²) in [4.78, 5) is 25.5. The molecule has 0 spiro atoms. The molecule has 0 unspecified atom stereocenters. The molecule has 2 aromatic carbocycles. The molecule has 0 saturated heterocycles. The summed E-state index contributed by atoms with van der Waals surface area (Å²) >= 11 is 3.25. The summed E-state index contributed by atoms with van der Waals surface area (Å²) in [6.45, 7) is 4.40. The van der Waals surface area contributed by atoms with E-state index in [0.717, 1.165) is 26.9 Å². The van der Waals surface area contributed by atoms with Crippen LogP contribution in [0, 0.1) is 13.8 Å². The van der Waals surface area contributed by atoms with Crippen LogP contribution in [-0.2, 0) is 6.54 Å². The van der Waals surface area contributed by atoms with E-state index in [1.54, 1.807) is 40.4 Å². The van der Waals surface area contributed by atoms with Crippen LogP contribution >= 0.6 is 23.1 Å². The largest absolute Gasteiger partial charge is 0.279 e. The Morgan fingerprint density at radius 1 is 1.14 bits per heavy atom. The molecule has 4 aromatic rings. The second-order valence-corrected chi connectivity index (χ2v) is 8.79. The summed E-state index contributed by atoms with van der Waals surface area (Å²) in [6.07, 6.45) is 5.59. The van der Waals surface area contributed by atoms with Crippen molar-refractivity contribution in [3.05, 3.63) is 83.2 Å². The number of benzene rings is 2. The summed E-state index contributed by atoms with van der Waals surface area (Å²) in [6, 6.07) is 16.1. The Balaban J connectivity index is 1.79. The molecule has 0 aliphatic heterocycles. The lowest BCUT2D eigenvalue weighted by atomic mass is 10.0. The lowest BCUT2D eigenvalue weighted by Gasteiger charge is -2.21. The summed E-state index contributed by atoms with van der Waals surface area (Å²) in [5.41, 5.74) is 4.61. The van der Waals surface area contributed by atoms with Gasteiger partial charge in [-0.2, -0.15) is 0 Å². The van der Waals surface area contributed by atoms with Gasteiger partial charge in [0, 0.05) is 22.9 Å². The molecule has 2 heterocycles. The molecule has 1 amide bonds. The zero-order valence-corrected chi connectivity index (χ0v) is 18.2. The maximum atomic E-state index is 13.6. The number of aryl methyl sites for hydroxylation is 2. The number of thiazole rings is 1. The first-order chi connectivity index (χ1) is 14.0. The quantitative estimate of drug-likeness (QED) is 0.379. The number of hydrogen-bond acceptors (Lipinski definition) is 5. The molecule has 2 aromatic heterocycles. The third kappa shape index (κ3) is 4.18. The number of amides is 1. The Labute approximate surface area is 178 Å². The standard InChI is InChI=1S/C23H21N3OS2/c1-15-6-7-16(2)19(11-15)22(27)26(14-17-5-4-10-24-13-17)23-25-20-9-8-18(28-3)12-21(20)29-23/h4-13H,14H2,1-3H3. The number of anilines is 1. The highest BCUT2D eigenvalue weighted by molar-refractivity contribution is 7.98. The van der Waals surface area contributed by atoms with E-state index in [9.17, 15) is 4.79 Å². The van der Waals surface area contributed by atoms with Crippen LogP contribution in [0.25, 0.3) is 10.2 Å². The molecule has 0 N–H and O–H groups in total. The van der Waals surface area contributed by atoms with Gasteiger partial charge in [-0.25, -0.2) is 4.98 Å². The van der Waals surface area contributed by atoms with Crippen LogP contribution in [0.5, 0.6) is 0 Å². The minimum absolute atomic E-state index is 0.0424. The lowest BCUT2D eigenvalue weighted by Crippen LogP contribution is -2.31. The van der Waals surface area contributed by atoms with E-state index < -0.39 is 0 Å². The zero-order valence-electron chi connectivity index (χ0n) is 16.5. The van der Waals surface area contributed by atoms with Crippen LogP contribution in [0.15, 0.2) is 65.8 Å². The predicted octanol–water partition coefficient (Wildman–Crippen LogP) is 5.88. The number of rotatable bonds is 5. The van der Waals surface area contributed by atoms with Gasteiger partial charge in [-0.15, -0.1) is 11.8 Å². The monoisotopic (exact) mass is 419 g/mol. The Bertz CT molecular complexity index is 1170. The van der Waals surface area contributed by atoms with Crippen LogP contribution in [-0.4, -0.2) is 22.1 Å². The highest BCUT2D eigenvalue weighted by Crippen LogP contribution is 2.33. The fraction of sp³-hybridized carbons (Fsp3) is 0.174. The third-order valence-corrected chi connectivity index (χ3v) is 6.51. The van der Waals surface area contributed by atoms with Crippen LogP contribution < -0.4 is 4.90 Å². The molecule has 0 radical (unpaired) electrons. The van der Waals surface area contributed by atoms with Crippen molar-refractivity contribution in [1.82, 2.24) is 9.97 Å². The van der Waals surface area contributed by atoms with Crippen molar-refractivity contribution < 1.29 is 4.79 Å². The van der Waals surface area contributed by atoms with Crippen LogP contribution in [0.2, 0.25) is 0 Å².